The first-order valence-corrected chi connectivity index (χ1v) is 10.7. The van der Waals surface area contributed by atoms with E-state index in [2.05, 4.69) is 22.7 Å². The van der Waals surface area contributed by atoms with Gasteiger partial charge in [-0.25, -0.2) is 14.6 Å². The van der Waals surface area contributed by atoms with Gasteiger partial charge >= 0.3 is 12.0 Å². The molecule has 3 fully saturated rings. The van der Waals surface area contributed by atoms with Crippen LogP contribution >= 0.6 is 0 Å². The molecule has 10 heteroatoms. The number of aromatic nitrogens is 1. The Morgan fingerprint density at radius 2 is 1.97 bits per heavy atom. The SMILES string of the molecule is CC1CCC2(CC1)NC(=O)N(NC(=O)COC(=O)c1cccnc1N1CCCC1)C2=O. The number of amides is 4. The van der Waals surface area contributed by atoms with Crippen LogP contribution in [0.4, 0.5) is 10.6 Å². The molecule has 1 aromatic rings. The van der Waals surface area contributed by atoms with E-state index in [0.717, 1.165) is 38.8 Å². The lowest BCUT2D eigenvalue weighted by atomic mass is 9.77. The minimum atomic E-state index is -0.951. The van der Waals surface area contributed by atoms with Gasteiger partial charge in [-0.05, 0) is 56.6 Å². The first kappa shape index (κ1) is 21.1. The second-order valence-electron chi connectivity index (χ2n) is 8.52. The molecule has 1 spiro atoms. The number of rotatable bonds is 5. The van der Waals surface area contributed by atoms with Crippen molar-refractivity contribution in [2.24, 2.45) is 5.92 Å². The van der Waals surface area contributed by atoms with E-state index in [-0.39, 0.29) is 5.56 Å². The zero-order chi connectivity index (χ0) is 22.0. The molecule has 0 radical (unpaired) electrons. The van der Waals surface area contributed by atoms with Crippen LogP contribution in [-0.4, -0.2) is 59.0 Å². The van der Waals surface area contributed by atoms with Crippen LogP contribution in [0.5, 0.6) is 0 Å². The number of hydrazine groups is 1. The highest BCUT2D eigenvalue weighted by atomic mass is 16.5. The maximum Gasteiger partial charge on any atom is 0.344 e. The van der Waals surface area contributed by atoms with Gasteiger partial charge in [-0.2, -0.15) is 5.01 Å². The Bertz CT molecular complexity index is 890. The minimum Gasteiger partial charge on any atom is -0.452 e. The summed E-state index contributed by atoms with van der Waals surface area (Å²) >= 11 is 0. The number of ether oxygens (including phenoxy) is 1. The molecular weight excluding hydrogens is 402 g/mol. The highest BCUT2D eigenvalue weighted by Gasteiger charge is 2.52. The smallest absolute Gasteiger partial charge is 0.344 e. The van der Waals surface area contributed by atoms with Gasteiger partial charge < -0.3 is 15.0 Å². The number of urea groups is 1. The molecule has 1 aliphatic carbocycles. The monoisotopic (exact) mass is 429 g/mol. The zero-order valence-corrected chi connectivity index (χ0v) is 17.6. The number of carbonyl (C=O) groups excluding carboxylic acids is 4. The highest BCUT2D eigenvalue weighted by molar-refractivity contribution is 6.08. The van der Waals surface area contributed by atoms with Gasteiger partial charge in [-0.1, -0.05) is 6.92 Å². The number of carbonyl (C=O) groups is 4. The van der Waals surface area contributed by atoms with E-state index >= 15 is 0 Å². The quantitative estimate of drug-likeness (QED) is 0.536. The van der Waals surface area contributed by atoms with Crippen molar-refractivity contribution in [2.75, 3.05) is 24.6 Å². The summed E-state index contributed by atoms with van der Waals surface area (Å²) in [6.45, 7) is 3.11. The van der Waals surface area contributed by atoms with Crippen LogP contribution in [-0.2, 0) is 14.3 Å². The van der Waals surface area contributed by atoms with Crippen LogP contribution in [0.25, 0.3) is 0 Å². The zero-order valence-electron chi connectivity index (χ0n) is 17.6. The van der Waals surface area contributed by atoms with Crippen LogP contribution in [0, 0.1) is 5.92 Å². The fourth-order valence-electron chi connectivity index (χ4n) is 4.42. The summed E-state index contributed by atoms with van der Waals surface area (Å²) in [5, 5.41) is 3.43. The number of nitrogens with one attached hydrogen (secondary N) is 2. The molecule has 2 saturated heterocycles. The van der Waals surface area contributed by atoms with Gasteiger partial charge in [0.15, 0.2) is 6.61 Å². The molecule has 0 atom stereocenters. The summed E-state index contributed by atoms with van der Waals surface area (Å²) < 4.78 is 5.13. The first-order valence-electron chi connectivity index (χ1n) is 10.7. The van der Waals surface area contributed by atoms with E-state index in [4.69, 9.17) is 4.74 Å². The number of imide groups is 1. The Hall–Kier alpha value is -3.17. The maximum atomic E-state index is 12.8. The first-order chi connectivity index (χ1) is 14.9. The Labute approximate surface area is 180 Å². The minimum absolute atomic E-state index is 0.280. The number of nitrogens with zero attached hydrogens (tertiary/aromatic N) is 3. The van der Waals surface area contributed by atoms with Gasteiger partial charge in [0, 0.05) is 19.3 Å². The standard InChI is InChI=1S/C21H27N5O5/c1-14-6-8-21(9-7-14)19(29)26(20(30)23-21)24-16(27)13-31-18(28)15-5-4-10-22-17(15)25-11-2-3-12-25/h4-5,10,14H,2-3,6-9,11-13H2,1H3,(H,23,30)(H,24,27). The molecular formula is C21H27N5O5. The second kappa shape index (κ2) is 8.52. The van der Waals surface area contributed by atoms with Gasteiger partial charge in [0.05, 0.1) is 0 Å². The molecule has 3 heterocycles. The van der Waals surface area contributed by atoms with Crippen LogP contribution in [0.1, 0.15) is 55.8 Å². The van der Waals surface area contributed by atoms with Crippen molar-refractivity contribution in [2.45, 2.75) is 51.0 Å². The Morgan fingerprint density at radius 1 is 1.26 bits per heavy atom. The molecule has 3 aliphatic rings. The van der Waals surface area contributed by atoms with E-state index in [1.165, 1.54) is 0 Å². The van der Waals surface area contributed by atoms with Crippen LogP contribution < -0.4 is 15.6 Å². The average Bonchev–Trinajstić information content (AvgIpc) is 3.38. The van der Waals surface area contributed by atoms with Gasteiger partial charge in [-0.3, -0.25) is 15.0 Å². The maximum absolute atomic E-state index is 12.8. The average molecular weight is 429 g/mol. The number of pyridine rings is 1. The summed E-state index contributed by atoms with van der Waals surface area (Å²) in [6, 6.07) is 2.57. The fourth-order valence-corrected chi connectivity index (χ4v) is 4.42. The predicted molar refractivity (Wildman–Crippen MR) is 110 cm³/mol. The molecule has 4 rings (SSSR count). The largest absolute Gasteiger partial charge is 0.452 e. The Balaban J connectivity index is 1.34. The summed E-state index contributed by atoms with van der Waals surface area (Å²) in [5.41, 5.74) is 1.60. The second-order valence-corrected chi connectivity index (χ2v) is 8.52. The van der Waals surface area contributed by atoms with E-state index in [9.17, 15) is 19.2 Å². The lowest BCUT2D eigenvalue weighted by Crippen LogP contribution is -2.52. The normalized spacial score (nSPS) is 25.6. The summed E-state index contributed by atoms with van der Waals surface area (Å²) in [4.78, 5) is 56.2. The van der Waals surface area contributed by atoms with Crippen LogP contribution in [0.15, 0.2) is 18.3 Å². The molecule has 31 heavy (non-hydrogen) atoms. The molecule has 166 valence electrons. The van der Waals surface area contributed by atoms with E-state index in [1.807, 2.05) is 4.90 Å². The van der Waals surface area contributed by atoms with Gasteiger partial charge in [0.1, 0.15) is 16.9 Å². The third-order valence-corrected chi connectivity index (χ3v) is 6.27. The van der Waals surface area contributed by atoms with E-state index < -0.39 is 36.0 Å². The number of esters is 1. The summed E-state index contributed by atoms with van der Waals surface area (Å²) in [5.74, 6) is -0.873. The summed E-state index contributed by atoms with van der Waals surface area (Å²) in [7, 11) is 0. The molecule has 2 N–H and O–H groups in total. The topological polar surface area (TPSA) is 121 Å². The molecule has 1 saturated carbocycles. The lowest BCUT2D eigenvalue weighted by Gasteiger charge is -2.33. The molecule has 1 aromatic heterocycles. The van der Waals surface area contributed by atoms with Crippen molar-refractivity contribution in [1.29, 1.82) is 0 Å². The van der Waals surface area contributed by atoms with Gasteiger partial charge in [-0.15, -0.1) is 0 Å². The van der Waals surface area contributed by atoms with Gasteiger partial charge in [0.25, 0.3) is 11.8 Å². The van der Waals surface area contributed by atoms with Crippen molar-refractivity contribution in [3.63, 3.8) is 0 Å². The van der Waals surface area contributed by atoms with Crippen LogP contribution in [0.2, 0.25) is 0 Å². The summed E-state index contributed by atoms with van der Waals surface area (Å²) in [6.07, 6.45) is 6.41. The number of anilines is 1. The van der Waals surface area contributed by atoms with Crippen molar-refractivity contribution >= 4 is 29.6 Å². The molecule has 0 unspecified atom stereocenters. The van der Waals surface area contributed by atoms with Crippen molar-refractivity contribution in [3.8, 4) is 0 Å². The fraction of sp³-hybridized carbons (Fsp3) is 0.571. The lowest BCUT2D eigenvalue weighted by molar-refractivity contribution is -0.141. The molecule has 0 bridgehead atoms. The molecule has 0 aromatic carbocycles. The van der Waals surface area contributed by atoms with E-state index in [0.29, 0.717) is 29.6 Å². The third kappa shape index (κ3) is 4.19. The van der Waals surface area contributed by atoms with Gasteiger partial charge in [0.2, 0.25) is 0 Å². The Morgan fingerprint density at radius 3 is 2.68 bits per heavy atom. The number of hydrogen-bond acceptors (Lipinski definition) is 7. The molecule has 2 aliphatic heterocycles. The number of hydrogen-bond donors (Lipinski definition) is 2. The highest BCUT2D eigenvalue weighted by Crippen LogP contribution is 2.35. The molecule has 10 nitrogen and oxygen atoms in total. The van der Waals surface area contributed by atoms with Crippen molar-refractivity contribution < 1.29 is 23.9 Å². The predicted octanol–water partition coefficient (Wildman–Crippen LogP) is 1.37. The van der Waals surface area contributed by atoms with Crippen molar-refractivity contribution in [3.05, 3.63) is 23.9 Å². The Kier molecular flexibility index (Phi) is 5.79. The van der Waals surface area contributed by atoms with Crippen LogP contribution in [0.3, 0.4) is 0 Å². The van der Waals surface area contributed by atoms with Crippen molar-refractivity contribution in [1.82, 2.24) is 20.7 Å². The molecule has 4 amide bonds. The third-order valence-electron chi connectivity index (χ3n) is 6.27. The van der Waals surface area contributed by atoms with E-state index in [1.54, 1.807) is 18.3 Å².